The highest BCUT2D eigenvalue weighted by molar-refractivity contribution is 5.90. The lowest BCUT2D eigenvalue weighted by atomic mass is 10.0. The van der Waals surface area contributed by atoms with E-state index in [0.717, 1.165) is 0 Å². The molecule has 3 aliphatic rings. The second-order valence-corrected chi connectivity index (χ2v) is 11.4. The highest BCUT2D eigenvalue weighted by Gasteiger charge is 2.78. The SMILES string of the molecule is [C-]#[N+]C1(c2ccc(-c3ccc(N4C[C@H](CNC(=O)CC)OC4=O)cc3F)cn2)[C@@H]2CN(C(=O)OC(C)(C)C)C[C@@H]21. The first-order valence-electron chi connectivity index (χ1n) is 13.3. The van der Waals surface area contributed by atoms with Crippen molar-refractivity contribution in [2.45, 2.75) is 51.4 Å². The van der Waals surface area contributed by atoms with E-state index < -0.39 is 29.2 Å². The number of halogens is 1. The summed E-state index contributed by atoms with van der Waals surface area (Å²) in [5.41, 5.74) is 0.446. The summed E-state index contributed by atoms with van der Waals surface area (Å²) in [5, 5.41) is 2.70. The molecule has 210 valence electrons. The number of nitrogens with zero attached hydrogens (tertiary/aromatic N) is 4. The Balaban J connectivity index is 1.25. The van der Waals surface area contributed by atoms with Gasteiger partial charge in [0.2, 0.25) is 5.91 Å². The number of likely N-dealkylation sites (tertiary alicyclic amines) is 1. The van der Waals surface area contributed by atoms with Crippen LogP contribution in [0.25, 0.3) is 16.0 Å². The average molecular weight is 550 g/mol. The van der Waals surface area contributed by atoms with Crippen molar-refractivity contribution in [1.82, 2.24) is 15.2 Å². The number of rotatable bonds is 6. The molecule has 1 saturated carbocycles. The van der Waals surface area contributed by atoms with Gasteiger partial charge in [-0.1, -0.05) is 13.0 Å². The lowest BCUT2D eigenvalue weighted by Crippen LogP contribution is -2.38. The van der Waals surface area contributed by atoms with Crippen molar-refractivity contribution in [3.63, 3.8) is 0 Å². The summed E-state index contributed by atoms with van der Waals surface area (Å²) in [6.07, 6.45) is 0.395. The van der Waals surface area contributed by atoms with Crippen LogP contribution >= 0.6 is 0 Å². The minimum absolute atomic E-state index is 0.0220. The molecule has 40 heavy (non-hydrogen) atoms. The lowest BCUT2D eigenvalue weighted by molar-refractivity contribution is -0.121. The topological polar surface area (TPSA) is 105 Å². The zero-order valence-electron chi connectivity index (χ0n) is 22.9. The van der Waals surface area contributed by atoms with Crippen molar-refractivity contribution in [3.05, 3.63) is 59.5 Å². The maximum absolute atomic E-state index is 15.2. The molecule has 4 atom stereocenters. The van der Waals surface area contributed by atoms with Crippen LogP contribution < -0.4 is 10.2 Å². The number of hydrogen-bond acceptors (Lipinski definition) is 6. The van der Waals surface area contributed by atoms with Crippen LogP contribution in [0.15, 0.2) is 36.5 Å². The van der Waals surface area contributed by atoms with E-state index in [1.165, 1.54) is 11.0 Å². The zero-order valence-corrected chi connectivity index (χ0v) is 22.9. The maximum atomic E-state index is 15.2. The molecule has 2 aromatic rings. The maximum Gasteiger partial charge on any atom is 0.414 e. The number of anilines is 1. The first kappa shape index (κ1) is 27.4. The van der Waals surface area contributed by atoms with E-state index in [4.69, 9.17) is 16.0 Å². The predicted octanol–water partition coefficient (Wildman–Crippen LogP) is 4.35. The molecule has 3 fully saturated rings. The van der Waals surface area contributed by atoms with E-state index in [-0.39, 0.29) is 36.9 Å². The molecule has 1 N–H and O–H groups in total. The molecular weight excluding hydrogens is 517 g/mol. The molecule has 11 heteroatoms. The molecule has 2 saturated heterocycles. The van der Waals surface area contributed by atoms with Crippen LogP contribution in [0.1, 0.15) is 39.8 Å². The minimum Gasteiger partial charge on any atom is -0.444 e. The molecule has 1 aromatic heterocycles. The fourth-order valence-corrected chi connectivity index (χ4v) is 5.57. The van der Waals surface area contributed by atoms with Crippen molar-refractivity contribution in [2.24, 2.45) is 11.8 Å². The number of carbonyl (C=O) groups is 3. The second-order valence-electron chi connectivity index (χ2n) is 11.4. The van der Waals surface area contributed by atoms with Crippen LogP contribution in [0.3, 0.4) is 0 Å². The largest absolute Gasteiger partial charge is 0.444 e. The summed E-state index contributed by atoms with van der Waals surface area (Å²) in [7, 11) is 0. The average Bonchev–Trinajstić information content (AvgIpc) is 3.19. The molecule has 1 aromatic carbocycles. The van der Waals surface area contributed by atoms with Gasteiger partial charge in [0.1, 0.15) is 23.2 Å². The molecular formula is C29H32FN5O5. The Morgan fingerprint density at radius 3 is 2.52 bits per heavy atom. The number of carbonyl (C=O) groups excluding carboxylic acids is 3. The predicted molar refractivity (Wildman–Crippen MR) is 144 cm³/mol. The van der Waals surface area contributed by atoms with Crippen LogP contribution in [0, 0.1) is 24.2 Å². The van der Waals surface area contributed by atoms with E-state index >= 15 is 4.39 Å². The number of piperidine rings is 1. The van der Waals surface area contributed by atoms with Gasteiger partial charge in [0.05, 0.1) is 30.6 Å². The van der Waals surface area contributed by atoms with Gasteiger partial charge in [-0.2, -0.15) is 0 Å². The van der Waals surface area contributed by atoms with Crippen molar-refractivity contribution in [3.8, 4) is 11.1 Å². The number of amides is 3. The molecule has 3 heterocycles. The van der Waals surface area contributed by atoms with Crippen molar-refractivity contribution in [1.29, 1.82) is 0 Å². The fraction of sp³-hybridized carbons (Fsp3) is 0.483. The normalized spacial score (nSPS) is 25.2. The Labute approximate surface area is 232 Å². The number of aromatic nitrogens is 1. The molecule has 0 radical (unpaired) electrons. The van der Waals surface area contributed by atoms with Crippen LogP contribution in [-0.4, -0.2) is 65.9 Å². The van der Waals surface area contributed by atoms with Crippen molar-refractivity contribution >= 4 is 23.8 Å². The summed E-state index contributed by atoms with van der Waals surface area (Å²) in [6, 6.07) is 7.98. The van der Waals surface area contributed by atoms with Gasteiger partial charge >= 0.3 is 12.2 Å². The van der Waals surface area contributed by atoms with Gasteiger partial charge in [-0.3, -0.25) is 14.7 Å². The quantitative estimate of drug-likeness (QED) is 0.537. The Bertz CT molecular complexity index is 1370. The van der Waals surface area contributed by atoms with Gasteiger partial charge in [-0.15, -0.1) is 0 Å². The van der Waals surface area contributed by atoms with Crippen LogP contribution in [0.2, 0.25) is 0 Å². The molecule has 5 rings (SSSR count). The van der Waals surface area contributed by atoms with E-state index in [1.807, 2.05) is 20.8 Å². The number of benzene rings is 1. The number of hydrogen-bond donors (Lipinski definition) is 1. The number of fused-ring (bicyclic) bond motifs is 1. The monoisotopic (exact) mass is 549 g/mol. The van der Waals surface area contributed by atoms with Crippen molar-refractivity contribution < 1.29 is 28.2 Å². The Morgan fingerprint density at radius 2 is 1.95 bits per heavy atom. The molecule has 0 spiro atoms. The molecule has 10 nitrogen and oxygen atoms in total. The van der Waals surface area contributed by atoms with Gasteiger partial charge < -0.3 is 24.5 Å². The van der Waals surface area contributed by atoms with E-state index in [0.29, 0.717) is 42.0 Å². The van der Waals surface area contributed by atoms with Crippen LogP contribution in [0.4, 0.5) is 19.7 Å². The number of pyridine rings is 1. The minimum atomic E-state index is -0.789. The first-order chi connectivity index (χ1) is 19.0. The smallest absolute Gasteiger partial charge is 0.414 e. The fourth-order valence-electron chi connectivity index (χ4n) is 5.57. The summed E-state index contributed by atoms with van der Waals surface area (Å²) in [6.45, 7) is 16.4. The van der Waals surface area contributed by atoms with Gasteiger partial charge in [-0.25, -0.2) is 20.6 Å². The standard InChI is InChI=1S/C29H32FN5O5/c1-6-25(36)33-13-19-14-35(27(38)39-19)18-8-9-20(23(30)11-18)17-7-10-24(32-12-17)29(31-5)21-15-34(16-22(21)29)26(37)40-28(2,3)4/h7-12,19,21-22H,6,13-16H2,1-4H3,(H,33,36)/t19-,21-,22+,29?/m0/s1. The highest BCUT2D eigenvalue weighted by atomic mass is 19.1. The number of cyclic esters (lactones) is 1. The Hall–Kier alpha value is -4.20. The summed E-state index contributed by atoms with van der Waals surface area (Å²) in [4.78, 5) is 47.7. The molecule has 2 aliphatic heterocycles. The molecule has 0 bridgehead atoms. The third kappa shape index (κ3) is 4.94. The Kier molecular flexibility index (Phi) is 6.90. The Morgan fingerprint density at radius 1 is 1.23 bits per heavy atom. The lowest BCUT2D eigenvalue weighted by Gasteiger charge is -2.26. The van der Waals surface area contributed by atoms with E-state index in [1.54, 1.807) is 42.3 Å². The number of ether oxygens (including phenoxy) is 2. The number of nitrogens with one attached hydrogen (secondary N) is 1. The highest BCUT2D eigenvalue weighted by Crippen LogP contribution is 2.64. The first-order valence-corrected chi connectivity index (χ1v) is 13.3. The van der Waals surface area contributed by atoms with Gasteiger partial charge in [0, 0.05) is 36.8 Å². The van der Waals surface area contributed by atoms with Crippen LogP contribution in [0.5, 0.6) is 0 Å². The molecule has 1 unspecified atom stereocenters. The van der Waals surface area contributed by atoms with Gasteiger partial charge in [-0.05, 0) is 45.0 Å². The summed E-state index contributed by atoms with van der Waals surface area (Å²) in [5.74, 6) is -0.712. The van der Waals surface area contributed by atoms with Crippen LogP contribution in [-0.2, 0) is 19.8 Å². The van der Waals surface area contributed by atoms with Gasteiger partial charge in [0.15, 0.2) is 0 Å². The summed E-state index contributed by atoms with van der Waals surface area (Å²) >= 11 is 0. The third-order valence-electron chi connectivity index (χ3n) is 7.65. The van der Waals surface area contributed by atoms with Gasteiger partial charge in [0.25, 0.3) is 5.54 Å². The molecule has 1 aliphatic carbocycles. The van der Waals surface area contributed by atoms with Crippen molar-refractivity contribution in [2.75, 3.05) is 31.1 Å². The third-order valence-corrected chi connectivity index (χ3v) is 7.65. The molecule has 3 amide bonds. The van der Waals surface area contributed by atoms with E-state index in [2.05, 4.69) is 15.1 Å². The van der Waals surface area contributed by atoms with E-state index in [9.17, 15) is 14.4 Å². The summed E-state index contributed by atoms with van der Waals surface area (Å²) < 4.78 is 26.0. The second kappa shape index (κ2) is 10.1. The zero-order chi connectivity index (χ0) is 28.8.